The van der Waals surface area contributed by atoms with Crippen molar-refractivity contribution in [3.8, 4) is 0 Å². The quantitative estimate of drug-likeness (QED) is 0.705. The number of benzene rings is 1. The third kappa shape index (κ3) is 2.76. The van der Waals surface area contributed by atoms with Crippen molar-refractivity contribution in [1.82, 2.24) is 4.72 Å². The third-order valence-corrected chi connectivity index (χ3v) is 4.78. The summed E-state index contributed by atoms with van der Waals surface area (Å²) in [6.07, 6.45) is 2.52. The van der Waals surface area contributed by atoms with Gasteiger partial charge in [-0.1, -0.05) is 0 Å². The van der Waals surface area contributed by atoms with Gasteiger partial charge < -0.3 is 11.1 Å². The molecule has 1 fully saturated rings. The lowest BCUT2D eigenvalue weighted by Gasteiger charge is -2.15. The monoisotopic (exact) mass is 269 g/mol. The first-order valence-corrected chi connectivity index (χ1v) is 7.52. The van der Waals surface area contributed by atoms with E-state index in [4.69, 9.17) is 5.73 Å². The minimum atomic E-state index is -3.48. The Morgan fingerprint density at radius 2 is 2.06 bits per heavy atom. The number of nitrogen functional groups attached to an aromatic ring is 1. The number of hydrogen-bond acceptors (Lipinski definition) is 4. The predicted molar refractivity (Wildman–Crippen MR) is 72.9 cm³/mol. The van der Waals surface area contributed by atoms with E-state index in [0.29, 0.717) is 6.04 Å². The van der Waals surface area contributed by atoms with Crippen LogP contribution in [0.3, 0.4) is 0 Å². The first-order chi connectivity index (χ1) is 8.44. The first-order valence-electron chi connectivity index (χ1n) is 6.03. The molecule has 1 aliphatic rings. The smallest absolute Gasteiger partial charge is 0.242 e. The summed E-state index contributed by atoms with van der Waals surface area (Å²) in [5, 5.41) is 3.35. The summed E-state index contributed by atoms with van der Waals surface area (Å²) in [7, 11) is -2.11. The molecule has 1 saturated carbocycles. The molecule has 1 atom stereocenters. The maximum absolute atomic E-state index is 11.7. The second-order valence-corrected chi connectivity index (χ2v) is 6.59. The van der Waals surface area contributed by atoms with Crippen LogP contribution in [-0.2, 0) is 10.0 Å². The number of hydrogen-bond donors (Lipinski definition) is 3. The summed E-state index contributed by atoms with van der Waals surface area (Å²) in [5.41, 5.74) is 6.92. The molecule has 0 amide bonds. The fraction of sp³-hybridized carbons (Fsp3) is 0.500. The van der Waals surface area contributed by atoms with E-state index in [9.17, 15) is 8.42 Å². The van der Waals surface area contributed by atoms with Crippen LogP contribution in [0.4, 0.5) is 11.4 Å². The Kier molecular flexibility index (Phi) is 3.49. The first kappa shape index (κ1) is 13.2. The van der Waals surface area contributed by atoms with Gasteiger partial charge in [0.1, 0.15) is 4.90 Å². The van der Waals surface area contributed by atoms with Gasteiger partial charge in [0.05, 0.1) is 5.69 Å². The van der Waals surface area contributed by atoms with Crippen molar-refractivity contribution in [1.29, 1.82) is 0 Å². The molecule has 4 N–H and O–H groups in total. The molecule has 1 aromatic carbocycles. The largest absolute Gasteiger partial charge is 0.398 e. The fourth-order valence-electron chi connectivity index (χ4n) is 1.97. The summed E-state index contributed by atoms with van der Waals surface area (Å²) in [5.74, 6) is 0.729. The molecule has 0 radical (unpaired) electrons. The summed E-state index contributed by atoms with van der Waals surface area (Å²) in [4.78, 5) is 0.120. The Morgan fingerprint density at radius 3 is 2.56 bits per heavy atom. The van der Waals surface area contributed by atoms with Gasteiger partial charge in [-0.3, -0.25) is 0 Å². The van der Waals surface area contributed by atoms with Crippen molar-refractivity contribution >= 4 is 21.4 Å². The van der Waals surface area contributed by atoms with Crippen LogP contribution in [0.1, 0.15) is 19.8 Å². The molecule has 1 unspecified atom stereocenters. The molecule has 2 rings (SSSR count). The molecule has 0 aromatic heterocycles. The van der Waals surface area contributed by atoms with Gasteiger partial charge in [0.15, 0.2) is 0 Å². The van der Waals surface area contributed by atoms with Crippen molar-refractivity contribution in [2.75, 3.05) is 18.1 Å². The summed E-state index contributed by atoms with van der Waals surface area (Å²) in [6.45, 7) is 2.13. The molecule has 18 heavy (non-hydrogen) atoms. The Hall–Kier alpha value is -1.27. The van der Waals surface area contributed by atoms with E-state index < -0.39 is 10.0 Å². The van der Waals surface area contributed by atoms with Crippen LogP contribution in [0.15, 0.2) is 23.1 Å². The van der Waals surface area contributed by atoms with Crippen LogP contribution >= 0.6 is 0 Å². The van der Waals surface area contributed by atoms with E-state index in [1.165, 1.54) is 26.0 Å². The molecule has 5 nitrogen and oxygen atoms in total. The summed E-state index contributed by atoms with van der Waals surface area (Å²) >= 11 is 0. The molecule has 1 aliphatic carbocycles. The van der Waals surface area contributed by atoms with Crippen LogP contribution in [0.5, 0.6) is 0 Å². The van der Waals surface area contributed by atoms with Crippen LogP contribution in [-0.4, -0.2) is 21.5 Å². The van der Waals surface area contributed by atoms with E-state index >= 15 is 0 Å². The fourth-order valence-corrected chi connectivity index (χ4v) is 2.81. The van der Waals surface area contributed by atoms with Gasteiger partial charge in [-0.2, -0.15) is 0 Å². The molecule has 0 saturated heterocycles. The average Bonchev–Trinajstić information content (AvgIpc) is 3.12. The lowest BCUT2D eigenvalue weighted by molar-refractivity contribution is 0.588. The Morgan fingerprint density at radius 1 is 1.39 bits per heavy atom. The van der Waals surface area contributed by atoms with Crippen molar-refractivity contribution in [2.24, 2.45) is 5.92 Å². The van der Waals surface area contributed by atoms with Gasteiger partial charge in [0, 0.05) is 11.7 Å². The lowest BCUT2D eigenvalue weighted by Crippen LogP contribution is -2.21. The summed E-state index contributed by atoms with van der Waals surface area (Å²) in [6, 6.07) is 5.35. The minimum Gasteiger partial charge on any atom is -0.398 e. The van der Waals surface area contributed by atoms with Crippen molar-refractivity contribution in [3.63, 3.8) is 0 Å². The maximum atomic E-state index is 11.7. The molecule has 0 heterocycles. The molecule has 1 aromatic rings. The molecular weight excluding hydrogens is 250 g/mol. The van der Waals surface area contributed by atoms with Crippen LogP contribution in [0.2, 0.25) is 0 Å². The highest BCUT2D eigenvalue weighted by atomic mass is 32.2. The molecule has 0 spiro atoms. The number of anilines is 2. The Balaban J connectivity index is 2.19. The third-order valence-electron chi connectivity index (χ3n) is 3.29. The van der Waals surface area contributed by atoms with Crippen LogP contribution in [0.25, 0.3) is 0 Å². The Labute approximate surface area is 108 Å². The van der Waals surface area contributed by atoms with Gasteiger partial charge in [-0.25, -0.2) is 13.1 Å². The van der Waals surface area contributed by atoms with Crippen LogP contribution in [0, 0.1) is 5.92 Å². The molecule has 0 bridgehead atoms. The van der Waals surface area contributed by atoms with Crippen LogP contribution < -0.4 is 15.8 Å². The van der Waals surface area contributed by atoms with E-state index in [1.54, 1.807) is 12.1 Å². The average molecular weight is 269 g/mol. The zero-order chi connectivity index (χ0) is 13.3. The normalized spacial score (nSPS) is 17.4. The van der Waals surface area contributed by atoms with E-state index in [-0.39, 0.29) is 10.6 Å². The highest BCUT2D eigenvalue weighted by molar-refractivity contribution is 7.89. The predicted octanol–water partition coefficient (Wildman–Crippen LogP) is 1.39. The van der Waals surface area contributed by atoms with Gasteiger partial charge in [0.2, 0.25) is 10.0 Å². The van der Waals surface area contributed by atoms with Crippen molar-refractivity contribution in [3.05, 3.63) is 18.2 Å². The highest BCUT2D eigenvalue weighted by Crippen LogP contribution is 2.34. The van der Waals surface area contributed by atoms with E-state index in [1.807, 2.05) is 0 Å². The molecular formula is C12H19N3O2S. The second-order valence-electron chi connectivity index (χ2n) is 4.73. The van der Waals surface area contributed by atoms with Crippen molar-refractivity contribution in [2.45, 2.75) is 30.7 Å². The zero-order valence-electron chi connectivity index (χ0n) is 10.6. The molecule has 0 aliphatic heterocycles. The number of sulfonamides is 1. The van der Waals surface area contributed by atoms with Gasteiger partial charge in [-0.15, -0.1) is 0 Å². The lowest BCUT2D eigenvalue weighted by atomic mass is 10.2. The molecule has 100 valence electrons. The number of nitrogens with two attached hydrogens (primary N) is 1. The standard InChI is InChI=1S/C12H19N3O2S/c1-8(9-3-4-9)15-10-5-6-12(11(13)7-10)18(16,17)14-2/h5-9,14-15H,3-4,13H2,1-2H3. The topological polar surface area (TPSA) is 84.2 Å². The van der Waals surface area contributed by atoms with E-state index in [2.05, 4.69) is 17.0 Å². The number of nitrogens with one attached hydrogen (secondary N) is 2. The van der Waals surface area contributed by atoms with Gasteiger partial charge in [0.25, 0.3) is 0 Å². The van der Waals surface area contributed by atoms with E-state index in [0.717, 1.165) is 11.6 Å². The van der Waals surface area contributed by atoms with Gasteiger partial charge >= 0.3 is 0 Å². The minimum absolute atomic E-state index is 0.120. The SMILES string of the molecule is CNS(=O)(=O)c1ccc(NC(C)C2CC2)cc1N. The summed E-state index contributed by atoms with van der Waals surface area (Å²) < 4.78 is 25.6. The number of rotatable bonds is 5. The zero-order valence-corrected chi connectivity index (χ0v) is 11.4. The Bertz CT molecular complexity index is 538. The van der Waals surface area contributed by atoms with Crippen molar-refractivity contribution < 1.29 is 8.42 Å². The maximum Gasteiger partial charge on any atom is 0.242 e. The molecule has 6 heteroatoms. The highest BCUT2D eigenvalue weighted by Gasteiger charge is 2.27. The second kappa shape index (κ2) is 4.78. The van der Waals surface area contributed by atoms with Gasteiger partial charge in [-0.05, 0) is 50.9 Å².